The van der Waals surface area contributed by atoms with E-state index in [2.05, 4.69) is 19.2 Å². The molecule has 2 atom stereocenters. The number of hydrogen-bond donors (Lipinski definition) is 1. The van der Waals surface area contributed by atoms with Gasteiger partial charge in [-0.2, -0.15) is 0 Å². The number of rotatable bonds is 4. The van der Waals surface area contributed by atoms with E-state index in [-0.39, 0.29) is 0 Å². The van der Waals surface area contributed by atoms with Gasteiger partial charge in [0.15, 0.2) is 0 Å². The predicted octanol–water partition coefficient (Wildman–Crippen LogP) is 2.58. The monoisotopic (exact) mass is 211 g/mol. The van der Waals surface area contributed by atoms with E-state index in [1.165, 1.54) is 32.1 Å². The Morgan fingerprint density at radius 3 is 2.53 bits per heavy atom. The molecule has 2 nitrogen and oxygen atoms in total. The molecule has 0 heterocycles. The maximum Gasteiger partial charge on any atom is 0.0724 e. The summed E-state index contributed by atoms with van der Waals surface area (Å²) in [5.41, 5.74) is 0. The molecular weight excluding hydrogens is 186 g/mol. The van der Waals surface area contributed by atoms with Crippen molar-refractivity contribution >= 4 is 0 Å². The van der Waals surface area contributed by atoms with Crippen molar-refractivity contribution in [2.24, 2.45) is 11.8 Å². The lowest BCUT2D eigenvalue weighted by Gasteiger charge is -2.41. The molecule has 0 aromatic heterocycles. The Morgan fingerprint density at radius 1 is 1.20 bits per heavy atom. The van der Waals surface area contributed by atoms with Crippen molar-refractivity contribution in [1.82, 2.24) is 5.32 Å². The summed E-state index contributed by atoms with van der Waals surface area (Å²) in [6.45, 7) is 4.68. The fourth-order valence-electron chi connectivity index (χ4n) is 3.04. The zero-order valence-corrected chi connectivity index (χ0v) is 10.3. The highest BCUT2D eigenvalue weighted by atomic mass is 16.5. The molecule has 88 valence electrons. The van der Waals surface area contributed by atoms with Crippen LogP contribution in [0.2, 0.25) is 0 Å². The van der Waals surface area contributed by atoms with Crippen LogP contribution in [0.25, 0.3) is 0 Å². The van der Waals surface area contributed by atoms with Gasteiger partial charge in [0.2, 0.25) is 0 Å². The molecule has 0 aromatic rings. The molecule has 0 saturated heterocycles. The average molecular weight is 211 g/mol. The Hall–Kier alpha value is -0.0800. The molecule has 2 saturated carbocycles. The predicted molar refractivity (Wildman–Crippen MR) is 62.9 cm³/mol. The van der Waals surface area contributed by atoms with Crippen LogP contribution < -0.4 is 5.32 Å². The van der Waals surface area contributed by atoms with E-state index in [1.807, 2.05) is 7.11 Å². The first-order valence-corrected chi connectivity index (χ1v) is 6.49. The Balaban J connectivity index is 1.70. The maximum atomic E-state index is 5.51. The molecule has 0 aromatic carbocycles. The van der Waals surface area contributed by atoms with Gasteiger partial charge < -0.3 is 10.1 Å². The van der Waals surface area contributed by atoms with E-state index in [1.54, 1.807) is 0 Å². The van der Waals surface area contributed by atoms with Gasteiger partial charge in [-0.3, -0.25) is 0 Å². The van der Waals surface area contributed by atoms with E-state index in [0.29, 0.717) is 12.1 Å². The second-order valence-electron chi connectivity index (χ2n) is 5.65. The standard InChI is InChI=1S/C13H25NO/c1-9(2)10-7-11(8-10)14-12-5-4-6-13(12)15-3/h9-14H,4-8H2,1-3H3. The van der Waals surface area contributed by atoms with Gasteiger partial charge in [-0.1, -0.05) is 13.8 Å². The normalized spacial score (nSPS) is 40.8. The van der Waals surface area contributed by atoms with Crippen molar-refractivity contribution < 1.29 is 4.74 Å². The zero-order valence-electron chi connectivity index (χ0n) is 10.3. The van der Waals surface area contributed by atoms with Gasteiger partial charge in [-0.05, 0) is 43.9 Å². The van der Waals surface area contributed by atoms with E-state index in [4.69, 9.17) is 4.74 Å². The number of ether oxygens (including phenoxy) is 1. The third-order valence-corrected chi connectivity index (χ3v) is 4.32. The highest BCUT2D eigenvalue weighted by Gasteiger charge is 2.35. The summed E-state index contributed by atoms with van der Waals surface area (Å²) in [5.74, 6) is 1.83. The molecule has 15 heavy (non-hydrogen) atoms. The lowest BCUT2D eigenvalue weighted by Crippen LogP contribution is -2.50. The van der Waals surface area contributed by atoms with Crippen molar-refractivity contribution in [2.45, 2.75) is 64.1 Å². The lowest BCUT2D eigenvalue weighted by molar-refractivity contribution is 0.0658. The minimum absolute atomic E-state index is 0.475. The van der Waals surface area contributed by atoms with Gasteiger partial charge in [-0.15, -0.1) is 0 Å². The summed E-state index contributed by atoms with van der Waals surface area (Å²) >= 11 is 0. The number of nitrogens with one attached hydrogen (secondary N) is 1. The van der Waals surface area contributed by atoms with Gasteiger partial charge in [0.05, 0.1) is 6.10 Å². The first-order chi connectivity index (χ1) is 7.20. The molecular formula is C13H25NO. The van der Waals surface area contributed by atoms with E-state index in [0.717, 1.165) is 17.9 Å². The molecule has 2 fully saturated rings. The van der Waals surface area contributed by atoms with Crippen molar-refractivity contribution in [1.29, 1.82) is 0 Å². The Labute approximate surface area is 93.8 Å². The van der Waals surface area contributed by atoms with Crippen LogP contribution >= 0.6 is 0 Å². The van der Waals surface area contributed by atoms with Crippen LogP contribution in [-0.2, 0) is 4.74 Å². The van der Waals surface area contributed by atoms with Crippen LogP contribution in [0.4, 0.5) is 0 Å². The van der Waals surface area contributed by atoms with Crippen LogP contribution in [0, 0.1) is 11.8 Å². The van der Waals surface area contributed by atoms with E-state index in [9.17, 15) is 0 Å². The molecule has 0 spiro atoms. The molecule has 0 amide bonds. The highest BCUT2D eigenvalue weighted by Crippen LogP contribution is 2.35. The average Bonchev–Trinajstić information content (AvgIpc) is 2.56. The molecule has 1 N–H and O–H groups in total. The minimum atomic E-state index is 0.475. The molecule has 2 aliphatic rings. The molecule has 2 aliphatic carbocycles. The highest BCUT2D eigenvalue weighted by molar-refractivity contribution is 4.92. The fourth-order valence-corrected chi connectivity index (χ4v) is 3.04. The van der Waals surface area contributed by atoms with Crippen molar-refractivity contribution in [3.63, 3.8) is 0 Å². The van der Waals surface area contributed by atoms with E-state index >= 15 is 0 Å². The summed E-state index contributed by atoms with van der Waals surface area (Å²) in [7, 11) is 1.85. The van der Waals surface area contributed by atoms with Crippen molar-refractivity contribution in [2.75, 3.05) is 7.11 Å². The topological polar surface area (TPSA) is 21.3 Å². The number of methoxy groups -OCH3 is 1. The Kier molecular flexibility index (Phi) is 3.68. The summed E-state index contributed by atoms with van der Waals surface area (Å²) in [6, 6.07) is 1.41. The third kappa shape index (κ3) is 2.54. The first kappa shape index (κ1) is 11.4. The second-order valence-corrected chi connectivity index (χ2v) is 5.65. The smallest absolute Gasteiger partial charge is 0.0724 e. The van der Waals surface area contributed by atoms with Crippen LogP contribution in [0.5, 0.6) is 0 Å². The quantitative estimate of drug-likeness (QED) is 0.771. The zero-order chi connectivity index (χ0) is 10.8. The third-order valence-electron chi connectivity index (χ3n) is 4.32. The van der Waals surface area contributed by atoms with E-state index < -0.39 is 0 Å². The molecule has 0 bridgehead atoms. The van der Waals surface area contributed by atoms with Gasteiger partial charge in [0.25, 0.3) is 0 Å². The van der Waals surface area contributed by atoms with Crippen LogP contribution in [-0.4, -0.2) is 25.3 Å². The van der Waals surface area contributed by atoms with Crippen LogP contribution in [0.15, 0.2) is 0 Å². The van der Waals surface area contributed by atoms with Crippen molar-refractivity contribution in [3.05, 3.63) is 0 Å². The minimum Gasteiger partial charge on any atom is -0.380 e. The molecule has 2 rings (SSSR count). The number of hydrogen-bond acceptors (Lipinski definition) is 2. The molecule has 0 aliphatic heterocycles. The van der Waals surface area contributed by atoms with Gasteiger partial charge in [0.1, 0.15) is 0 Å². The summed E-state index contributed by atoms with van der Waals surface area (Å²) < 4.78 is 5.51. The Morgan fingerprint density at radius 2 is 1.93 bits per heavy atom. The van der Waals surface area contributed by atoms with Crippen molar-refractivity contribution in [3.8, 4) is 0 Å². The summed E-state index contributed by atoms with van der Waals surface area (Å²) in [4.78, 5) is 0. The maximum absolute atomic E-state index is 5.51. The molecule has 0 radical (unpaired) electrons. The fraction of sp³-hybridized carbons (Fsp3) is 1.00. The first-order valence-electron chi connectivity index (χ1n) is 6.49. The van der Waals surface area contributed by atoms with Gasteiger partial charge in [0, 0.05) is 19.2 Å². The summed E-state index contributed by atoms with van der Waals surface area (Å²) in [6.07, 6.45) is 7.12. The molecule has 2 heteroatoms. The Bertz CT molecular complexity index is 199. The largest absolute Gasteiger partial charge is 0.380 e. The summed E-state index contributed by atoms with van der Waals surface area (Å²) in [5, 5.41) is 3.78. The SMILES string of the molecule is COC1CCCC1NC1CC(C(C)C)C1. The lowest BCUT2D eigenvalue weighted by atomic mass is 9.73. The van der Waals surface area contributed by atoms with Gasteiger partial charge >= 0.3 is 0 Å². The molecule has 2 unspecified atom stereocenters. The van der Waals surface area contributed by atoms with Crippen LogP contribution in [0.3, 0.4) is 0 Å². The van der Waals surface area contributed by atoms with Gasteiger partial charge in [-0.25, -0.2) is 0 Å². The second kappa shape index (κ2) is 4.84. The van der Waals surface area contributed by atoms with Crippen LogP contribution in [0.1, 0.15) is 46.0 Å².